The number of carbonyl (C=O) groups excluding carboxylic acids is 1. The Bertz CT molecular complexity index is 1560. The second kappa shape index (κ2) is 37.3. The van der Waals surface area contributed by atoms with E-state index in [0.717, 1.165) is 77.0 Å². The van der Waals surface area contributed by atoms with Gasteiger partial charge in [-0.15, -0.1) is 0 Å². The third-order valence-electron chi connectivity index (χ3n) is 13.1. The Morgan fingerprint density at radius 1 is 0.514 bits per heavy atom. The minimum Gasteiger partial charge on any atom is -0.394 e. The van der Waals surface area contributed by atoms with Crippen molar-refractivity contribution >= 4 is 5.91 Å². The molecule has 17 atom stereocenters. The van der Waals surface area contributed by atoms with Crippen LogP contribution in [-0.2, 0) is 33.2 Å². The summed E-state index contributed by atoms with van der Waals surface area (Å²) < 4.78 is 34.1. The van der Waals surface area contributed by atoms with Gasteiger partial charge >= 0.3 is 0 Å². The summed E-state index contributed by atoms with van der Waals surface area (Å²) in [4.78, 5) is 13.2. The van der Waals surface area contributed by atoms with Crippen molar-refractivity contribution in [2.24, 2.45) is 0 Å². The van der Waals surface area contributed by atoms with Gasteiger partial charge in [-0.2, -0.15) is 0 Å². The van der Waals surface area contributed by atoms with Crippen LogP contribution in [0, 0.1) is 0 Å². The first kappa shape index (κ1) is 63.8. The predicted molar refractivity (Wildman–Crippen MR) is 268 cm³/mol. The second-order valence-electron chi connectivity index (χ2n) is 19.0. The first-order valence-electron chi connectivity index (χ1n) is 26.5. The van der Waals surface area contributed by atoms with Crippen molar-refractivity contribution in [1.29, 1.82) is 0 Å². The van der Waals surface area contributed by atoms with E-state index in [4.69, 9.17) is 28.4 Å². The van der Waals surface area contributed by atoms with Gasteiger partial charge in [-0.3, -0.25) is 4.79 Å². The molecular formula is C53H91NO18. The van der Waals surface area contributed by atoms with Crippen LogP contribution in [0.1, 0.15) is 136 Å². The molecule has 0 bridgehead atoms. The van der Waals surface area contributed by atoms with Crippen LogP contribution in [0.4, 0.5) is 0 Å². The summed E-state index contributed by atoms with van der Waals surface area (Å²) in [5.74, 6) is -0.305. The summed E-state index contributed by atoms with van der Waals surface area (Å²) in [6.07, 6.45) is 12.3. The SMILES string of the molecule is CC/C=C\C/C=C\C/C=C\C/C=C\CCCCCCC(=O)NC(COC1OC(CO)C(OC2OC(CO)C(OC3OC(CO)C(O)C(O)C3O)C(O)C2O)C(O)C1O)C(O)/C=C/CCCCCCCCCC. The molecule has 416 valence electrons. The largest absolute Gasteiger partial charge is 0.394 e. The number of hydrogen-bond donors (Lipinski definition) is 12. The minimum atomic E-state index is -1.98. The van der Waals surface area contributed by atoms with Gasteiger partial charge in [-0.1, -0.05) is 132 Å². The number of amides is 1. The number of hydrogen-bond acceptors (Lipinski definition) is 18. The maximum atomic E-state index is 13.2. The molecule has 3 heterocycles. The van der Waals surface area contributed by atoms with Gasteiger partial charge in [0.05, 0.1) is 38.6 Å². The molecule has 17 unspecified atom stereocenters. The summed E-state index contributed by atoms with van der Waals surface area (Å²) >= 11 is 0. The van der Waals surface area contributed by atoms with Crippen molar-refractivity contribution < 1.29 is 89.4 Å². The van der Waals surface area contributed by atoms with E-state index in [2.05, 4.69) is 67.8 Å². The molecule has 19 heteroatoms. The van der Waals surface area contributed by atoms with Crippen molar-refractivity contribution in [2.75, 3.05) is 26.4 Å². The van der Waals surface area contributed by atoms with Crippen LogP contribution in [0.15, 0.2) is 60.8 Å². The summed E-state index contributed by atoms with van der Waals surface area (Å²) in [6, 6.07) is -0.985. The van der Waals surface area contributed by atoms with Crippen molar-refractivity contribution in [1.82, 2.24) is 5.32 Å². The highest BCUT2D eigenvalue weighted by molar-refractivity contribution is 5.76. The Morgan fingerprint density at radius 2 is 0.958 bits per heavy atom. The number of carbonyl (C=O) groups is 1. The first-order valence-corrected chi connectivity index (χ1v) is 26.5. The molecule has 3 saturated heterocycles. The Hall–Kier alpha value is -2.51. The molecule has 1 amide bonds. The molecule has 0 aromatic rings. The molecule has 3 aliphatic heterocycles. The van der Waals surface area contributed by atoms with Crippen LogP contribution in [0.3, 0.4) is 0 Å². The third kappa shape index (κ3) is 22.4. The molecule has 0 aromatic carbocycles. The molecule has 19 nitrogen and oxygen atoms in total. The van der Waals surface area contributed by atoms with Gasteiger partial charge < -0.3 is 89.9 Å². The lowest BCUT2D eigenvalue weighted by Crippen LogP contribution is -2.66. The van der Waals surface area contributed by atoms with Crippen LogP contribution in [0.5, 0.6) is 0 Å². The normalized spacial score (nSPS) is 32.5. The van der Waals surface area contributed by atoms with Crippen molar-refractivity contribution in [3.63, 3.8) is 0 Å². The molecule has 3 aliphatic rings. The van der Waals surface area contributed by atoms with E-state index in [1.807, 2.05) is 6.08 Å². The standard InChI is InChI=1S/C53H91NO18/c1-3-5-7-9-11-13-15-16-17-18-19-20-21-23-25-27-29-31-41(59)54-36(37(58)30-28-26-24-22-14-12-10-8-6-4-2)35-67-51-47(65)44(62)49(39(33-56)69-51)72-53-48(66)45(63)50(40(34-57)70-53)71-52-46(64)43(61)42(60)38(32-55)68-52/h5,7,11,13,16-17,19-20,28,30,36-40,42-53,55-58,60-66H,3-4,6,8-10,12,14-15,18,21-27,29,31-35H2,1-2H3,(H,54,59)/b7-5-,13-11-,17-16-,20-19-,30-28+. The smallest absolute Gasteiger partial charge is 0.220 e. The van der Waals surface area contributed by atoms with E-state index >= 15 is 0 Å². The molecule has 0 aliphatic carbocycles. The average molecular weight is 1030 g/mol. The highest BCUT2D eigenvalue weighted by Crippen LogP contribution is 2.33. The molecule has 0 saturated carbocycles. The number of aliphatic hydroxyl groups is 11. The number of nitrogens with one attached hydrogen (secondary N) is 1. The maximum absolute atomic E-state index is 13.2. The van der Waals surface area contributed by atoms with Gasteiger partial charge in [0, 0.05) is 6.42 Å². The molecule has 12 N–H and O–H groups in total. The molecule has 3 fully saturated rings. The molecule has 3 rings (SSSR count). The molecule has 0 aromatic heterocycles. The Kier molecular flexibility index (Phi) is 33.0. The van der Waals surface area contributed by atoms with Gasteiger partial charge in [0.1, 0.15) is 73.2 Å². The summed E-state index contributed by atoms with van der Waals surface area (Å²) in [6.45, 7) is 1.51. The molecule has 72 heavy (non-hydrogen) atoms. The highest BCUT2D eigenvalue weighted by Gasteiger charge is 2.53. The van der Waals surface area contributed by atoms with E-state index in [0.29, 0.717) is 6.42 Å². The summed E-state index contributed by atoms with van der Waals surface area (Å²) in [5, 5.41) is 120. The molecular weight excluding hydrogens is 939 g/mol. The van der Waals surface area contributed by atoms with Crippen LogP contribution < -0.4 is 5.32 Å². The van der Waals surface area contributed by atoms with Crippen molar-refractivity contribution in [3.05, 3.63) is 60.8 Å². The number of aliphatic hydroxyl groups excluding tert-OH is 11. The lowest BCUT2D eigenvalue weighted by molar-refractivity contribution is -0.379. The monoisotopic (exact) mass is 1030 g/mol. The lowest BCUT2D eigenvalue weighted by atomic mass is 9.96. The molecule has 0 spiro atoms. The zero-order valence-electron chi connectivity index (χ0n) is 42.6. The average Bonchev–Trinajstić information content (AvgIpc) is 3.37. The Labute approximate surface area is 426 Å². The zero-order chi connectivity index (χ0) is 52.7. The zero-order valence-corrected chi connectivity index (χ0v) is 42.6. The fourth-order valence-corrected chi connectivity index (χ4v) is 8.65. The number of rotatable bonds is 36. The maximum Gasteiger partial charge on any atom is 0.220 e. The summed E-state index contributed by atoms with van der Waals surface area (Å²) in [5.41, 5.74) is 0. The van der Waals surface area contributed by atoms with Gasteiger partial charge in [0.25, 0.3) is 0 Å². The van der Waals surface area contributed by atoms with Crippen LogP contribution in [0.2, 0.25) is 0 Å². The fourth-order valence-electron chi connectivity index (χ4n) is 8.65. The van der Waals surface area contributed by atoms with E-state index in [1.165, 1.54) is 32.1 Å². The predicted octanol–water partition coefficient (Wildman–Crippen LogP) is 2.53. The fraction of sp³-hybridized carbons (Fsp3) is 0.792. The van der Waals surface area contributed by atoms with Crippen LogP contribution >= 0.6 is 0 Å². The van der Waals surface area contributed by atoms with Gasteiger partial charge in [0.2, 0.25) is 5.91 Å². The van der Waals surface area contributed by atoms with E-state index < -0.39 is 124 Å². The topological polar surface area (TPSA) is 307 Å². The second-order valence-corrected chi connectivity index (χ2v) is 19.0. The van der Waals surface area contributed by atoms with Gasteiger partial charge in [-0.25, -0.2) is 0 Å². The van der Waals surface area contributed by atoms with Crippen molar-refractivity contribution in [3.8, 4) is 0 Å². The van der Waals surface area contributed by atoms with Gasteiger partial charge in [-0.05, 0) is 57.8 Å². The number of allylic oxidation sites excluding steroid dienone is 9. The highest BCUT2D eigenvalue weighted by atomic mass is 16.8. The lowest BCUT2D eigenvalue weighted by Gasteiger charge is -2.48. The number of ether oxygens (including phenoxy) is 6. The van der Waals surface area contributed by atoms with E-state index in [9.17, 15) is 61.0 Å². The molecule has 0 radical (unpaired) electrons. The first-order chi connectivity index (χ1) is 34.8. The quantitative estimate of drug-likeness (QED) is 0.0317. The van der Waals surface area contributed by atoms with Crippen LogP contribution in [0.25, 0.3) is 0 Å². The van der Waals surface area contributed by atoms with E-state index in [1.54, 1.807) is 6.08 Å². The summed E-state index contributed by atoms with van der Waals surface area (Å²) in [7, 11) is 0. The van der Waals surface area contributed by atoms with Crippen molar-refractivity contribution in [2.45, 2.75) is 240 Å². The van der Waals surface area contributed by atoms with Gasteiger partial charge in [0.15, 0.2) is 18.9 Å². The third-order valence-corrected chi connectivity index (χ3v) is 13.1. The Morgan fingerprint density at radius 3 is 1.50 bits per heavy atom. The van der Waals surface area contributed by atoms with E-state index in [-0.39, 0.29) is 18.9 Å². The minimum absolute atomic E-state index is 0.212. The van der Waals surface area contributed by atoms with Crippen LogP contribution in [-0.4, -0.2) is 193 Å². The number of unbranched alkanes of at least 4 members (excludes halogenated alkanes) is 12. The Balaban J connectivity index is 1.55.